The van der Waals surface area contributed by atoms with Gasteiger partial charge in [0.25, 0.3) is 0 Å². The van der Waals surface area contributed by atoms with Gasteiger partial charge in [0.2, 0.25) is 0 Å². The predicted octanol–water partition coefficient (Wildman–Crippen LogP) is 3.54. The maximum atomic E-state index is 5.90. The second-order valence-electron chi connectivity index (χ2n) is 4.33. The minimum atomic E-state index is 0.137. The Labute approximate surface area is 122 Å². The Morgan fingerprint density at radius 1 is 1.16 bits per heavy atom. The molecule has 1 aromatic carbocycles. The molecule has 0 bridgehead atoms. The number of nitrogens with two attached hydrogens (primary N) is 1. The number of benzene rings is 1. The molecule has 5 heteroatoms. The summed E-state index contributed by atoms with van der Waals surface area (Å²) in [5, 5.41) is 1.63. The minimum Gasteiger partial charge on any atom is -0.329 e. The highest BCUT2D eigenvalue weighted by Crippen LogP contribution is 2.33. The van der Waals surface area contributed by atoms with Gasteiger partial charge in [0.05, 0.1) is 0 Å². The summed E-state index contributed by atoms with van der Waals surface area (Å²) in [5.41, 5.74) is 8.94. The first-order valence-corrected chi connectivity index (χ1v) is 7.28. The van der Waals surface area contributed by atoms with E-state index in [2.05, 4.69) is 9.97 Å². The number of rotatable bonds is 4. The Bertz CT molecular complexity index is 537. The van der Waals surface area contributed by atoms with Gasteiger partial charge in [-0.25, -0.2) is 9.97 Å². The van der Waals surface area contributed by atoms with Crippen molar-refractivity contribution in [3.63, 3.8) is 0 Å². The monoisotopic (exact) mass is 293 g/mol. The zero-order chi connectivity index (χ0) is 13.8. The van der Waals surface area contributed by atoms with E-state index in [1.54, 1.807) is 11.8 Å². The van der Waals surface area contributed by atoms with Gasteiger partial charge >= 0.3 is 0 Å². The van der Waals surface area contributed by atoms with Crippen molar-refractivity contribution in [1.29, 1.82) is 0 Å². The third-order valence-corrected chi connectivity index (χ3v) is 4.06. The lowest BCUT2D eigenvalue weighted by Crippen LogP contribution is -2.10. The van der Waals surface area contributed by atoms with Crippen molar-refractivity contribution in [3.05, 3.63) is 52.3 Å². The average Bonchev–Trinajstić information content (AvgIpc) is 2.36. The van der Waals surface area contributed by atoms with Crippen LogP contribution in [0.25, 0.3) is 0 Å². The molecular formula is C14H16ClN3S. The van der Waals surface area contributed by atoms with Crippen LogP contribution in [0.5, 0.6) is 0 Å². The Morgan fingerprint density at radius 3 is 2.26 bits per heavy atom. The van der Waals surface area contributed by atoms with Crippen LogP contribution in [0.4, 0.5) is 0 Å². The van der Waals surface area contributed by atoms with E-state index in [4.69, 9.17) is 17.3 Å². The van der Waals surface area contributed by atoms with Gasteiger partial charge in [-0.1, -0.05) is 35.5 Å². The van der Waals surface area contributed by atoms with Crippen molar-refractivity contribution in [2.24, 2.45) is 5.73 Å². The van der Waals surface area contributed by atoms with Crippen LogP contribution >= 0.6 is 23.4 Å². The molecule has 0 aliphatic rings. The molecule has 19 heavy (non-hydrogen) atoms. The van der Waals surface area contributed by atoms with Crippen LogP contribution in [-0.2, 0) is 0 Å². The fourth-order valence-electron chi connectivity index (χ4n) is 1.80. The van der Waals surface area contributed by atoms with Gasteiger partial charge in [-0.05, 0) is 37.6 Å². The zero-order valence-corrected chi connectivity index (χ0v) is 12.5. The molecule has 100 valence electrons. The molecule has 1 aromatic heterocycles. The number of hydrogen-bond acceptors (Lipinski definition) is 4. The first kappa shape index (κ1) is 14.3. The van der Waals surface area contributed by atoms with Gasteiger partial charge in [0.1, 0.15) is 0 Å². The minimum absolute atomic E-state index is 0.137. The van der Waals surface area contributed by atoms with Gasteiger partial charge in [-0.2, -0.15) is 0 Å². The summed E-state index contributed by atoms with van der Waals surface area (Å²) in [7, 11) is 0. The van der Waals surface area contributed by atoms with Gasteiger partial charge in [0.15, 0.2) is 5.16 Å². The molecule has 0 fully saturated rings. The Kier molecular flexibility index (Phi) is 4.80. The van der Waals surface area contributed by atoms with Crippen molar-refractivity contribution < 1.29 is 0 Å². The molecule has 1 atom stereocenters. The molecule has 0 amide bonds. The molecule has 1 heterocycles. The maximum absolute atomic E-state index is 5.90. The number of nitrogens with zero attached hydrogens (tertiary/aromatic N) is 2. The van der Waals surface area contributed by atoms with Crippen LogP contribution in [0.2, 0.25) is 5.02 Å². The molecule has 2 aromatic rings. The molecule has 3 nitrogen and oxygen atoms in total. The van der Waals surface area contributed by atoms with Crippen LogP contribution in [0, 0.1) is 13.8 Å². The number of halogens is 1. The van der Waals surface area contributed by atoms with E-state index in [9.17, 15) is 0 Å². The molecule has 2 N–H and O–H groups in total. The summed E-state index contributed by atoms with van der Waals surface area (Å²) in [4.78, 5) is 8.87. The van der Waals surface area contributed by atoms with Gasteiger partial charge in [0, 0.05) is 28.2 Å². The van der Waals surface area contributed by atoms with Gasteiger partial charge < -0.3 is 5.73 Å². The molecule has 0 radical (unpaired) electrons. The van der Waals surface area contributed by atoms with Crippen LogP contribution in [0.15, 0.2) is 35.5 Å². The largest absolute Gasteiger partial charge is 0.329 e. The van der Waals surface area contributed by atoms with E-state index in [0.717, 1.165) is 27.1 Å². The summed E-state index contributed by atoms with van der Waals surface area (Å²) in [6.45, 7) is 4.47. The van der Waals surface area contributed by atoms with E-state index in [-0.39, 0.29) is 5.25 Å². The maximum Gasteiger partial charge on any atom is 0.188 e. The lowest BCUT2D eigenvalue weighted by atomic mass is 10.1. The third kappa shape index (κ3) is 3.93. The standard InChI is InChI=1S/C14H16ClN3S/c1-9-7-10(2)18-14(17-9)19-13(8-16)11-3-5-12(15)6-4-11/h3-7,13H,8,16H2,1-2H3. The highest BCUT2D eigenvalue weighted by atomic mass is 35.5. The predicted molar refractivity (Wildman–Crippen MR) is 80.6 cm³/mol. The fraction of sp³-hybridized carbons (Fsp3) is 0.286. The molecule has 0 spiro atoms. The van der Waals surface area contributed by atoms with Crippen molar-refractivity contribution in [1.82, 2.24) is 9.97 Å². The Balaban J connectivity index is 2.21. The van der Waals surface area contributed by atoms with Crippen LogP contribution in [0.3, 0.4) is 0 Å². The second-order valence-corrected chi connectivity index (χ2v) is 5.93. The van der Waals surface area contributed by atoms with Crippen molar-refractivity contribution in [2.75, 3.05) is 6.54 Å². The van der Waals surface area contributed by atoms with E-state index in [0.29, 0.717) is 6.54 Å². The quantitative estimate of drug-likeness (QED) is 0.692. The van der Waals surface area contributed by atoms with Crippen LogP contribution in [0.1, 0.15) is 22.2 Å². The Hall–Kier alpha value is -1.10. The number of hydrogen-bond donors (Lipinski definition) is 1. The van der Waals surface area contributed by atoms with E-state index in [1.165, 1.54) is 0 Å². The summed E-state index contributed by atoms with van der Waals surface area (Å²) in [6.07, 6.45) is 0. The fourth-order valence-corrected chi connectivity index (χ4v) is 2.97. The summed E-state index contributed by atoms with van der Waals surface area (Å²) in [6, 6.07) is 9.71. The highest BCUT2D eigenvalue weighted by molar-refractivity contribution is 7.99. The van der Waals surface area contributed by atoms with Gasteiger partial charge in [-0.3, -0.25) is 0 Å². The molecule has 0 aliphatic carbocycles. The zero-order valence-electron chi connectivity index (χ0n) is 10.9. The second kappa shape index (κ2) is 6.37. The molecule has 1 unspecified atom stereocenters. The molecule has 0 saturated carbocycles. The van der Waals surface area contributed by atoms with E-state index < -0.39 is 0 Å². The van der Waals surface area contributed by atoms with Crippen LogP contribution in [-0.4, -0.2) is 16.5 Å². The number of thioether (sulfide) groups is 1. The topological polar surface area (TPSA) is 51.8 Å². The molecule has 2 rings (SSSR count). The van der Waals surface area contributed by atoms with E-state index in [1.807, 2.05) is 44.2 Å². The Morgan fingerprint density at radius 2 is 1.74 bits per heavy atom. The van der Waals surface area contributed by atoms with Crippen molar-refractivity contribution in [3.8, 4) is 0 Å². The van der Waals surface area contributed by atoms with Gasteiger partial charge in [-0.15, -0.1) is 0 Å². The highest BCUT2D eigenvalue weighted by Gasteiger charge is 2.13. The third-order valence-electron chi connectivity index (χ3n) is 2.67. The number of aromatic nitrogens is 2. The molecular weight excluding hydrogens is 278 g/mol. The van der Waals surface area contributed by atoms with Crippen molar-refractivity contribution in [2.45, 2.75) is 24.3 Å². The lowest BCUT2D eigenvalue weighted by Gasteiger charge is -2.14. The smallest absolute Gasteiger partial charge is 0.188 e. The van der Waals surface area contributed by atoms with E-state index >= 15 is 0 Å². The first-order chi connectivity index (χ1) is 9.08. The summed E-state index contributed by atoms with van der Waals surface area (Å²) in [5.74, 6) is 0. The average molecular weight is 294 g/mol. The number of aryl methyl sites for hydroxylation is 2. The summed E-state index contributed by atoms with van der Waals surface area (Å²) >= 11 is 7.48. The first-order valence-electron chi connectivity index (χ1n) is 6.03. The SMILES string of the molecule is Cc1cc(C)nc(SC(CN)c2ccc(Cl)cc2)n1. The van der Waals surface area contributed by atoms with Crippen LogP contribution < -0.4 is 5.73 Å². The molecule has 0 aliphatic heterocycles. The summed E-state index contributed by atoms with van der Waals surface area (Å²) < 4.78 is 0. The lowest BCUT2D eigenvalue weighted by molar-refractivity contribution is 0.878. The normalized spacial score (nSPS) is 12.4. The van der Waals surface area contributed by atoms with Crippen molar-refractivity contribution >= 4 is 23.4 Å². The molecule has 0 saturated heterocycles.